The van der Waals surface area contributed by atoms with E-state index in [1.54, 1.807) is 0 Å². The molecule has 0 aliphatic carbocycles. The lowest BCUT2D eigenvalue weighted by molar-refractivity contribution is 0.0663. The van der Waals surface area contributed by atoms with E-state index in [9.17, 15) is 0 Å². The van der Waals surface area contributed by atoms with Crippen LogP contribution in [0.15, 0.2) is 30.5 Å². The summed E-state index contributed by atoms with van der Waals surface area (Å²) in [6.07, 6.45) is 2.49. The fourth-order valence-electron chi connectivity index (χ4n) is 2.08. The van der Waals surface area contributed by atoms with Crippen LogP contribution < -0.4 is 0 Å². The van der Waals surface area contributed by atoms with Gasteiger partial charge >= 0.3 is 0 Å². The van der Waals surface area contributed by atoms with Crippen molar-refractivity contribution in [3.05, 3.63) is 36.0 Å². The Balaban J connectivity index is 2.42. The van der Waals surface area contributed by atoms with E-state index in [-0.39, 0.29) is 6.10 Å². The van der Waals surface area contributed by atoms with E-state index in [0.29, 0.717) is 12.6 Å². The maximum atomic E-state index is 5.72. The fourth-order valence-corrected chi connectivity index (χ4v) is 2.08. The Morgan fingerprint density at radius 3 is 2.47 bits per heavy atom. The van der Waals surface area contributed by atoms with E-state index in [2.05, 4.69) is 62.7 Å². The number of nitrogens with zero attached hydrogens (tertiary/aromatic N) is 1. The molecule has 92 valence electrons. The van der Waals surface area contributed by atoms with Crippen LogP contribution in [0.1, 0.15) is 39.3 Å². The van der Waals surface area contributed by atoms with E-state index in [4.69, 9.17) is 4.74 Å². The first-order chi connectivity index (χ1) is 8.09. The maximum Gasteiger partial charge on any atom is 0.0741 e. The van der Waals surface area contributed by atoms with Crippen molar-refractivity contribution < 1.29 is 4.74 Å². The summed E-state index contributed by atoms with van der Waals surface area (Å²) in [5.41, 5.74) is 2.58. The number of hydrogen-bond acceptors (Lipinski definition) is 1. The predicted octanol–water partition coefficient (Wildman–Crippen LogP) is 4.15. The molecular formula is C15H21NO. The lowest BCUT2D eigenvalue weighted by Crippen LogP contribution is -2.02. The van der Waals surface area contributed by atoms with Gasteiger partial charge in [0.2, 0.25) is 0 Å². The first-order valence-electron chi connectivity index (χ1n) is 6.29. The maximum absolute atomic E-state index is 5.72. The third kappa shape index (κ3) is 2.52. The van der Waals surface area contributed by atoms with Crippen LogP contribution in [0.2, 0.25) is 0 Å². The molecule has 0 saturated carbocycles. The summed E-state index contributed by atoms with van der Waals surface area (Å²) in [4.78, 5) is 0. The van der Waals surface area contributed by atoms with Crippen molar-refractivity contribution in [2.24, 2.45) is 0 Å². The number of rotatable bonds is 4. The molecular weight excluding hydrogens is 210 g/mol. The molecule has 17 heavy (non-hydrogen) atoms. The molecule has 0 fully saturated rings. The molecule has 0 bridgehead atoms. The second-order valence-corrected chi connectivity index (χ2v) is 5.03. The van der Waals surface area contributed by atoms with Gasteiger partial charge < -0.3 is 9.30 Å². The van der Waals surface area contributed by atoms with Crippen molar-refractivity contribution in [2.75, 3.05) is 0 Å². The Kier molecular flexibility index (Phi) is 3.53. The minimum absolute atomic E-state index is 0.274. The van der Waals surface area contributed by atoms with Gasteiger partial charge in [-0.1, -0.05) is 18.2 Å². The standard InChI is InChI=1S/C15H21NO/c1-11(2)16-9-13(10-17-12(3)4)14-7-5-6-8-15(14)16/h5-9,11-12H,10H2,1-4H3. The average molecular weight is 231 g/mol. The van der Waals surface area contributed by atoms with Crippen LogP contribution in [0.3, 0.4) is 0 Å². The Morgan fingerprint density at radius 1 is 1.12 bits per heavy atom. The molecule has 0 N–H and O–H groups in total. The summed E-state index contributed by atoms with van der Waals surface area (Å²) in [7, 11) is 0. The molecule has 2 rings (SSSR count). The highest BCUT2D eigenvalue weighted by atomic mass is 16.5. The molecule has 2 aromatic rings. The number of hydrogen-bond donors (Lipinski definition) is 0. The Hall–Kier alpha value is -1.28. The molecule has 1 aromatic carbocycles. The largest absolute Gasteiger partial charge is 0.374 e. The molecule has 1 aromatic heterocycles. The van der Waals surface area contributed by atoms with E-state index in [1.165, 1.54) is 16.5 Å². The molecule has 0 aliphatic heterocycles. The minimum atomic E-state index is 0.274. The first kappa shape index (κ1) is 12.2. The van der Waals surface area contributed by atoms with Gasteiger partial charge in [0.15, 0.2) is 0 Å². The number of fused-ring (bicyclic) bond motifs is 1. The second kappa shape index (κ2) is 4.92. The Labute approximate surface area is 103 Å². The molecule has 0 aliphatic rings. The molecule has 2 heteroatoms. The van der Waals surface area contributed by atoms with Gasteiger partial charge in [0, 0.05) is 28.7 Å². The third-order valence-corrected chi connectivity index (χ3v) is 2.95. The zero-order chi connectivity index (χ0) is 12.4. The molecule has 0 radical (unpaired) electrons. The zero-order valence-electron chi connectivity index (χ0n) is 11.1. The summed E-state index contributed by atoms with van der Waals surface area (Å²) in [5.74, 6) is 0. The van der Waals surface area contributed by atoms with Crippen molar-refractivity contribution >= 4 is 10.9 Å². The molecule has 0 unspecified atom stereocenters. The normalized spacial score (nSPS) is 11.9. The van der Waals surface area contributed by atoms with Crippen molar-refractivity contribution in [1.29, 1.82) is 0 Å². The van der Waals surface area contributed by atoms with E-state index in [1.807, 2.05) is 0 Å². The smallest absolute Gasteiger partial charge is 0.0741 e. The van der Waals surface area contributed by atoms with Crippen LogP contribution in [-0.2, 0) is 11.3 Å². The van der Waals surface area contributed by atoms with Gasteiger partial charge in [0.1, 0.15) is 0 Å². The lowest BCUT2D eigenvalue weighted by Gasteiger charge is -2.08. The highest BCUT2D eigenvalue weighted by Gasteiger charge is 2.10. The molecule has 2 nitrogen and oxygen atoms in total. The van der Waals surface area contributed by atoms with E-state index >= 15 is 0 Å². The third-order valence-electron chi connectivity index (χ3n) is 2.95. The van der Waals surface area contributed by atoms with Gasteiger partial charge in [-0.15, -0.1) is 0 Å². The van der Waals surface area contributed by atoms with E-state index in [0.717, 1.165) is 0 Å². The van der Waals surface area contributed by atoms with Crippen molar-refractivity contribution in [3.63, 3.8) is 0 Å². The minimum Gasteiger partial charge on any atom is -0.374 e. The SMILES string of the molecule is CC(C)OCc1cn(C(C)C)c2ccccc12. The van der Waals surface area contributed by atoms with Gasteiger partial charge in [0.05, 0.1) is 12.7 Å². The fraction of sp³-hybridized carbons (Fsp3) is 0.467. The number of aromatic nitrogens is 1. The first-order valence-corrected chi connectivity index (χ1v) is 6.29. The molecule has 0 atom stereocenters. The quantitative estimate of drug-likeness (QED) is 0.771. The Morgan fingerprint density at radius 2 is 1.82 bits per heavy atom. The van der Waals surface area contributed by atoms with Crippen LogP contribution in [0, 0.1) is 0 Å². The van der Waals surface area contributed by atoms with Gasteiger partial charge in [-0.3, -0.25) is 0 Å². The van der Waals surface area contributed by atoms with E-state index < -0.39 is 0 Å². The summed E-state index contributed by atoms with van der Waals surface area (Å²) < 4.78 is 8.03. The number of benzene rings is 1. The van der Waals surface area contributed by atoms with Gasteiger partial charge in [-0.2, -0.15) is 0 Å². The molecule has 0 amide bonds. The van der Waals surface area contributed by atoms with Gasteiger partial charge in [-0.05, 0) is 33.8 Å². The topological polar surface area (TPSA) is 14.2 Å². The van der Waals surface area contributed by atoms with Crippen LogP contribution in [-0.4, -0.2) is 10.7 Å². The lowest BCUT2D eigenvalue weighted by atomic mass is 10.2. The highest BCUT2D eigenvalue weighted by Crippen LogP contribution is 2.25. The van der Waals surface area contributed by atoms with Crippen LogP contribution in [0.4, 0.5) is 0 Å². The summed E-state index contributed by atoms with van der Waals surface area (Å²) in [6, 6.07) is 9.01. The Bertz CT molecular complexity index is 497. The monoisotopic (exact) mass is 231 g/mol. The molecule has 0 saturated heterocycles. The van der Waals surface area contributed by atoms with Gasteiger partial charge in [0.25, 0.3) is 0 Å². The van der Waals surface area contributed by atoms with Crippen molar-refractivity contribution in [1.82, 2.24) is 4.57 Å². The predicted molar refractivity (Wildman–Crippen MR) is 72.2 cm³/mol. The van der Waals surface area contributed by atoms with Crippen molar-refractivity contribution in [2.45, 2.75) is 46.4 Å². The van der Waals surface area contributed by atoms with Crippen LogP contribution >= 0.6 is 0 Å². The van der Waals surface area contributed by atoms with Gasteiger partial charge in [-0.25, -0.2) is 0 Å². The number of para-hydroxylation sites is 1. The number of ether oxygens (including phenoxy) is 1. The summed E-state index contributed by atoms with van der Waals surface area (Å²) in [6.45, 7) is 9.25. The average Bonchev–Trinajstić information content (AvgIpc) is 2.65. The van der Waals surface area contributed by atoms with Crippen LogP contribution in [0.25, 0.3) is 10.9 Å². The highest BCUT2D eigenvalue weighted by molar-refractivity contribution is 5.84. The second-order valence-electron chi connectivity index (χ2n) is 5.03. The molecule has 0 spiro atoms. The molecule has 1 heterocycles. The zero-order valence-corrected chi connectivity index (χ0v) is 11.1. The van der Waals surface area contributed by atoms with Crippen molar-refractivity contribution in [3.8, 4) is 0 Å². The van der Waals surface area contributed by atoms with Crippen LogP contribution in [0.5, 0.6) is 0 Å². The summed E-state index contributed by atoms with van der Waals surface area (Å²) in [5, 5.41) is 1.31. The summed E-state index contributed by atoms with van der Waals surface area (Å²) >= 11 is 0.